The van der Waals surface area contributed by atoms with Gasteiger partial charge in [0.25, 0.3) is 0 Å². The van der Waals surface area contributed by atoms with Gasteiger partial charge in [-0.05, 0) is 43.2 Å². The molecule has 3 aromatic rings. The first-order chi connectivity index (χ1) is 13.8. The van der Waals surface area contributed by atoms with Crippen LogP contribution in [-0.4, -0.2) is 38.8 Å². The van der Waals surface area contributed by atoms with Crippen LogP contribution in [0, 0.1) is 0 Å². The van der Waals surface area contributed by atoms with Gasteiger partial charge in [-0.25, -0.2) is 9.97 Å². The Morgan fingerprint density at radius 1 is 1.07 bits per heavy atom. The van der Waals surface area contributed by atoms with Crippen LogP contribution < -0.4 is 5.32 Å². The van der Waals surface area contributed by atoms with E-state index in [1.54, 1.807) is 43.1 Å². The molecule has 0 saturated carbocycles. The van der Waals surface area contributed by atoms with Gasteiger partial charge in [0, 0.05) is 43.7 Å². The highest BCUT2D eigenvalue weighted by atomic mass is 16.3. The van der Waals surface area contributed by atoms with Crippen molar-refractivity contribution in [2.24, 2.45) is 0 Å². The lowest BCUT2D eigenvalue weighted by atomic mass is 9.93. The molecular weight excluding hydrogens is 354 g/mol. The molecule has 1 fully saturated rings. The van der Waals surface area contributed by atoms with Crippen molar-refractivity contribution in [3.8, 4) is 0 Å². The molecule has 0 spiro atoms. The Morgan fingerprint density at radius 2 is 1.93 bits per heavy atom. The van der Waals surface area contributed by atoms with Crippen molar-refractivity contribution in [2.75, 3.05) is 18.4 Å². The lowest BCUT2D eigenvalue weighted by Crippen LogP contribution is -2.37. The number of hydrogen-bond donors (Lipinski definition) is 1. The zero-order chi connectivity index (χ0) is 19.2. The fraction of sp³-hybridized carbons (Fsp3) is 0.238. The number of hydrogen-bond acceptors (Lipinski definition) is 6. The van der Waals surface area contributed by atoms with Crippen LogP contribution >= 0.6 is 0 Å². The fourth-order valence-electron chi connectivity index (χ4n) is 3.32. The highest BCUT2D eigenvalue weighted by Gasteiger charge is 2.26. The minimum absolute atomic E-state index is 0.000768. The quantitative estimate of drug-likeness (QED) is 0.686. The van der Waals surface area contributed by atoms with Gasteiger partial charge in [-0.3, -0.25) is 9.78 Å². The SMILES string of the molecule is O=C(/C=C/c1ccco1)N1CCC(c2nccnc2Nc2ccccn2)CC1. The summed E-state index contributed by atoms with van der Waals surface area (Å²) >= 11 is 0. The van der Waals surface area contributed by atoms with Gasteiger partial charge in [-0.15, -0.1) is 0 Å². The van der Waals surface area contributed by atoms with Gasteiger partial charge in [-0.1, -0.05) is 6.07 Å². The number of amides is 1. The number of nitrogens with one attached hydrogen (secondary N) is 1. The predicted molar refractivity (Wildman–Crippen MR) is 106 cm³/mol. The molecule has 0 bridgehead atoms. The topological polar surface area (TPSA) is 84.2 Å². The number of likely N-dealkylation sites (tertiary alicyclic amines) is 1. The molecule has 3 aromatic heterocycles. The van der Waals surface area contributed by atoms with Gasteiger partial charge in [0.2, 0.25) is 5.91 Å². The van der Waals surface area contributed by atoms with Gasteiger partial charge in [0.05, 0.1) is 12.0 Å². The minimum Gasteiger partial charge on any atom is -0.465 e. The third kappa shape index (κ3) is 4.25. The molecular formula is C21H21N5O2. The lowest BCUT2D eigenvalue weighted by molar-refractivity contribution is -0.126. The van der Waals surface area contributed by atoms with Crippen molar-refractivity contribution in [2.45, 2.75) is 18.8 Å². The van der Waals surface area contributed by atoms with Crippen molar-refractivity contribution < 1.29 is 9.21 Å². The Kier molecular flexibility index (Phi) is 5.42. The van der Waals surface area contributed by atoms with E-state index in [0.29, 0.717) is 18.8 Å². The fourth-order valence-corrected chi connectivity index (χ4v) is 3.32. The largest absolute Gasteiger partial charge is 0.465 e. The van der Waals surface area contributed by atoms with Crippen LogP contribution in [0.4, 0.5) is 11.6 Å². The molecule has 4 heterocycles. The molecule has 28 heavy (non-hydrogen) atoms. The smallest absolute Gasteiger partial charge is 0.246 e. The summed E-state index contributed by atoms with van der Waals surface area (Å²) in [5.74, 6) is 2.38. The van der Waals surface area contributed by atoms with E-state index < -0.39 is 0 Å². The average Bonchev–Trinajstić information content (AvgIpc) is 3.27. The van der Waals surface area contributed by atoms with E-state index in [0.717, 1.165) is 30.2 Å². The first kappa shape index (κ1) is 17.9. The molecule has 4 rings (SSSR count). The lowest BCUT2D eigenvalue weighted by Gasteiger charge is -2.31. The molecule has 1 aliphatic heterocycles. The molecule has 1 N–H and O–H groups in total. The highest BCUT2D eigenvalue weighted by Crippen LogP contribution is 2.31. The van der Waals surface area contributed by atoms with Crippen LogP contribution in [0.1, 0.15) is 30.2 Å². The average molecular weight is 375 g/mol. The first-order valence-electron chi connectivity index (χ1n) is 9.29. The molecule has 0 aromatic carbocycles. The summed E-state index contributed by atoms with van der Waals surface area (Å²) in [6, 6.07) is 9.31. The van der Waals surface area contributed by atoms with Crippen molar-refractivity contribution >= 4 is 23.6 Å². The second-order valence-corrected chi connectivity index (χ2v) is 6.58. The summed E-state index contributed by atoms with van der Waals surface area (Å²) < 4.78 is 5.22. The molecule has 7 heteroatoms. The normalized spacial score (nSPS) is 15.1. The number of nitrogens with zero attached hydrogens (tertiary/aromatic N) is 4. The monoisotopic (exact) mass is 375 g/mol. The second-order valence-electron chi connectivity index (χ2n) is 6.58. The highest BCUT2D eigenvalue weighted by molar-refractivity contribution is 5.91. The number of piperidine rings is 1. The van der Waals surface area contributed by atoms with Gasteiger partial charge in [0.15, 0.2) is 5.82 Å². The van der Waals surface area contributed by atoms with Crippen molar-refractivity contribution in [1.82, 2.24) is 19.9 Å². The molecule has 0 atom stereocenters. The molecule has 0 aliphatic carbocycles. The van der Waals surface area contributed by atoms with E-state index in [1.165, 1.54) is 0 Å². The van der Waals surface area contributed by atoms with Gasteiger partial charge < -0.3 is 14.6 Å². The van der Waals surface area contributed by atoms with Gasteiger partial charge >= 0.3 is 0 Å². The zero-order valence-electron chi connectivity index (χ0n) is 15.4. The van der Waals surface area contributed by atoms with Gasteiger partial charge in [-0.2, -0.15) is 0 Å². The van der Waals surface area contributed by atoms with E-state index in [2.05, 4.69) is 20.3 Å². The van der Waals surface area contributed by atoms with Crippen molar-refractivity contribution in [1.29, 1.82) is 0 Å². The van der Waals surface area contributed by atoms with Crippen LogP contribution in [0.25, 0.3) is 6.08 Å². The van der Waals surface area contributed by atoms with Gasteiger partial charge in [0.1, 0.15) is 11.6 Å². The van der Waals surface area contributed by atoms with Crippen molar-refractivity contribution in [3.63, 3.8) is 0 Å². The Labute approximate surface area is 163 Å². The van der Waals surface area contributed by atoms with Crippen LogP contribution in [0.3, 0.4) is 0 Å². The summed E-state index contributed by atoms with van der Waals surface area (Å²) in [6.45, 7) is 1.37. The Balaban J connectivity index is 1.39. The third-order valence-corrected chi connectivity index (χ3v) is 4.76. The molecule has 0 unspecified atom stereocenters. The number of rotatable bonds is 5. The Morgan fingerprint density at radius 3 is 2.68 bits per heavy atom. The maximum atomic E-state index is 12.4. The number of aromatic nitrogens is 3. The standard InChI is InChI=1S/C21H21N5O2/c27-19(7-6-17-4-3-15-28-17)26-13-8-16(9-14-26)20-21(24-12-11-23-20)25-18-5-1-2-10-22-18/h1-7,10-12,15-16H,8-9,13-14H2,(H,22,24,25)/b7-6+. The number of anilines is 2. The Bertz CT molecular complexity index is 932. The van der Waals surface area contributed by atoms with Crippen molar-refractivity contribution in [3.05, 3.63) is 72.7 Å². The summed E-state index contributed by atoms with van der Waals surface area (Å²) in [5, 5.41) is 3.25. The van der Waals surface area contributed by atoms with Crippen LogP contribution in [0.5, 0.6) is 0 Å². The first-order valence-corrected chi connectivity index (χ1v) is 9.29. The van der Waals surface area contributed by atoms with E-state index in [-0.39, 0.29) is 11.8 Å². The van der Waals surface area contributed by atoms with E-state index in [4.69, 9.17) is 4.42 Å². The molecule has 7 nitrogen and oxygen atoms in total. The molecule has 1 amide bonds. The predicted octanol–water partition coefficient (Wildman–Crippen LogP) is 3.63. The molecule has 1 saturated heterocycles. The summed E-state index contributed by atoms with van der Waals surface area (Å²) in [7, 11) is 0. The van der Waals surface area contributed by atoms with E-state index in [9.17, 15) is 4.79 Å². The Hall–Kier alpha value is -3.48. The second kappa shape index (κ2) is 8.47. The van der Waals surface area contributed by atoms with Crippen LogP contribution in [0.2, 0.25) is 0 Å². The summed E-state index contributed by atoms with van der Waals surface area (Å²) in [4.78, 5) is 27.5. The van der Waals surface area contributed by atoms with Crippen LogP contribution in [0.15, 0.2) is 65.7 Å². The molecule has 0 radical (unpaired) electrons. The molecule has 1 aliphatic rings. The summed E-state index contributed by atoms with van der Waals surface area (Å²) in [6.07, 6.45) is 11.7. The summed E-state index contributed by atoms with van der Waals surface area (Å²) in [5.41, 5.74) is 0.923. The number of carbonyl (C=O) groups is 1. The minimum atomic E-state index is 0.000768. The third-order valence-electron chi connectivity index (χ3n) is 4.76. The van der Waals surface area contributed by atoms with Crippen LogP contribution in [-0.2, 0) is 4.79 Å². The number of carbonyl (C=O) groups excluding carboxylic acids is 1. The van der Waals surface area contributed by atoms with E-state index in [1.807, 2.05) is 29.2 Å². The van der Waals surface area contributed by atoms with E-state index >= 15 is 0 Å². The maximum Gasteiger partial charge on any atom is 0.246 e. The number of pyridine rings is 1. The molecule has 142 valence electrons. The number of furan rings is 1. The zero-order valence-corrected chi connectivity index (χ0v) is 15.4. The maximum absolute atomic E-state index is 12.4.